The fraction of sp³-hybridized carbons (Fsp3) is 0.625. The maximum Gasteiger partial charge on any atom is 0.324 e. The van der Waals surface area contributed by atoms with E-state index in [9.17, 15) is 4.79 Å². The van der Waals surface area contributed by atoms with Crippen molar-refractivity contribution in [2.24, 2.45) is 5.92 Å². The van der Waals surface area contributed by atoms with E-state index in [1.807, 2.05) is 29.2 Å². The van der Waals surface area contributed by atoms with Crippen LogP contribution in [0.3, 0.4) is 0 Å². The Labute approximate surface area is 190 Å². The Hall–Kier alpha value is -2.61. The summed E-state index contributed by atoms with van der Waals surface area (Å²) in [5, 5.41) is 7.27. The first kappa shape index (κ1) is 22.6. The van der Waals surface area contributed by atoms with Gasteiger partial charge in [-0.2, -0.15) is 4.98 Å². The number of ether oxygens (including phenoxy) is 1. The van der Waals surface area contributed by atoms with Crippen molar-refractivity contribution in [3.05, 3.63) is 24.3 Å². The van der Waals surface area contributed by atoms with E-state index in [0.717, 1.165) is 50.2 Å². The zero-order chi connectivity index (χ0) is 22.3. The van der Waals surface area contributed by atoms with Gasteiger partial charge in [-0.3, -0.25) is 4.79 Å². The first-order valence-corrected chi connectivity index (χ1v) is 11.9. The zero-order valence-electron chi connectivity index (χ0n) is 19.3. The molecule has 2 saturated heterocycles. The van der Waals surface area contributed by atoms with Gasteiger partial charge < -0.3 is 24.4 Å². The monoisotopic (exact) mass is 441 g/mol. The molecule has 0 saturated carbocycles. The highest BCUT2D eigenvalue weighted by Gasteiger charge is 2.28. The molecular weight excluding hydrogens is 406 g/mol. The summed E-state index contributed by atoms with van der Waals surface area (Å²) in [6.07, 6.45) is 6.76. The fourth-order valence-electron chi connectivity index (χ4n) is 4.69. The van der Waals surface area contributed by atoms with Crippen molar-refractivity contribution >= 4 is 11.9 Å². The number of carbonyl (C=O) groups is 1. The minimum Gasteiger partial charge on any atom is -0.497 e. The normalized spacial score (nSPS) is 22.0. The van der Waals surface area contributed by atoms with Gasteiger partial charge in [-0.25, -0.2) is 0 Å². The topological polar surface area (TPSA) is 83.7 Å². The van der Waals surface area contributed by atoms with Gasteiger partial charge in [-0.15, -0.1) is 0 Å². The van der Waals surface area contributed by atoms with Crippen molar-refractivity contribution in [3.8, 4) is 17.1 Å². The molecule has 8 nitrogen and oxygen atoms in total. The van der Waals surface area contributed by atoms with Crippen molar-refractivity contribution in [1.82, 2.24) is 20.4 Å². The molecule has 0 radical (unpaired) electrons. The molecule has 0 bridgehead atoms. The highest BCUT2D eigenvalue weighted by molar-refractivity contribution is 5.79. The first-order chi connectivity index (χ1) is 15.6. The third-order valence-electron chi connectivity index (χ3n) is 6.69. The third-order valence-corrected chi connectivity index (χ3v) is 6.69. The molecule has 2 aromatic rings. The lowest BCUT2D eigenvalue weighted by Gasteiger charge is -2.33. The van der Waals surface area contributed by atoms with Crippen LogP contribution >= 0.6 is 0 Å². The number of hydrogen-bond donors (Lipinski definition) is 1. The molecule has 1 amide bonds. The summed E-state index contributed by atoms with van der Waals surface area (Å²) in [5.41, 5.74) is 0.870. The molecule has 1 aromatic carbocycles. The first-order valence-electron chi connectivity index (χ1n) is 11.9. The van der Waals surface area contributed by atoms with Crippen LogP contribution in [0.15, 0.2) is 28.8 Å². The number of benzene rings is 1. The second kappa shape index (κ2) is 10.8. The Morgan fingerprint density at radius 3 is 2.81 bits per heavy atom. The van der Waals surface area contributed by atoms with E-state index in [2.05, 4.69) is 27.3 Å². The highest BCUT2D eigenvalue weighted by atomic mass is 16.5. The van der Waals surface area contributed by atoms with Crippen molar-refractivity contribution in [2.45, 2.75) is 51.5 Å². The quantitative estimate of drug-likeness (QED) is 0.629. The van der Waals surface area contributed by atoms with E-state index in [0.29, 0.717) is 24.4 Å². The number of aromatic nitrogens is 2. The second-order valence-corrected chi connectivity index (χ2v) is 8.94. The van der Waals surface area contributed by atoms with Crippen LogP contribution in [0.5, 0.6) is 5.75 Å². The highest BCUT2D eigenvalue weighted by Crippen LogP contribution is 2.26. The molecule has 8 heteroatoms. The summed E-state index contributed by atoms with van der Waals surface area (Å²) in [6, 6.07) is 8.71. The van der Waals surface area contributed by atoms with Crippen molar-refractivity contribution < 1.29 is 14.1 Å². The molecule has 174 valence electrons. The van der Waals surface area contributed by atoms with Crippen LogP contribution in [0.4, 0.5) is 6.01 Å². The van der Waals surface area contributed by atoms with Gasteiger partial charge in [0, 0.05) is 37.8 Å². The molecule has 2 unspecified atom stereocenters. The van der Waals surface area contributed by atoms with Gasteiger partial charge in [0.1, 0.15) is 5.75 Å². The van der Waals surface area contributed by atoms with E-state index in [1.165, 1.54) is 25.8 Å². The minimum atomic E-state index is -0.0472. The molecule has 2 aliphatic heterocycles. The number of carbonyl (C=O) groups excluding carboxylic acids is 1. The van der Waals surface area contributed by atoms with Gasteiger partial charge in [-0.1, -0.05) is 11.6 Å². The lowest BCUT2D eigenvalue weighted by molar-refractivity contribution is -0.125. The Balaban J connectivity index is 1.25. The van der Waals surface area contributed by atoms with Crippen LogP contribution in [0.2, 0.25) is 0 Å². The number of nitrogens with zero attached hydrogens (tertiary/aromatic N) is 4. The van der Waals surface area contributed by atoms with E-state index in [1.54, 1.807) is 7.11 Å². The summed E-state index contributed by atoms with van der Waals surface area (Å²) in [7, 11) is 1.64. The van der Waals surface area contributed by atoms with Crippen molar-refractivity contribution in [3.63, 3.8) is 0 Å². The van der Waals surface area contributed by atoms with Crippen LogP contribution in [0.25, 0.3) is 11.4 Å². The average molecular weight is 442 g/mol. The Kier molecular flexibility index (Phi) is 7.63. The molecule has 2 fully saturated rings. The molecule has 2 atom stereocenters. The number of anilines is 1. The average Bonchev–Trinajstić information content (AvgIpc) is 3.33. The van der Waals surface area contributed by atoms with E-state index < -0.39 is 0 Å². The van der Waals surface area contributed by atoms with Crippen molar-refractivity contribution in [1.29, 1.82) is 0 Å². The van der Waals surface area contributed by atoms with Gasteiger partial charge in [0.25, 0.3) is 0 Å². The number of methoxy groups -OCH3 is 1. The molecule has 1 N–H and O–H groups in total. The fourth-order valence-corrected chi connectivity index (χ4v) is 4.69. The summed E-state index contributed by atoms with van der Waals surface area (Å²) < 4.78 is 10.7. The van der Waals surface area contributed by atoms with Gasteiger partial charge in [0.15, 0.2) is 0 Å². The maximum atomic E-state index is 12.7. The summed E-state index contributed by atoms with van der Waals surface area (Å²) in [5.74, 6) is 1.42. The molecule has 4 rings (SSSR count). The summed E-state index contributed by atoms with van der Waals surface area (Å²) >= 11 is 0. The van der Waals surface area contributed by atoms with Gasteiger partial charge in [0.05, 0.1) is 13.0 Å². The standard InChI is InChI=1S/C24H35N5O3/c1-18-7-3-4-14-28(18)16-6-13-25-23(30)20-8-5-15-29(17-20)24-26-22(27-32-24)19-9-11-21(31-2)12-10-19/h9-12,18,20H,3-8,13-17H2,1-2H3,(H,25,30). The number of piperidine rings is 2. The van der Waals surface area contributed by atoms with E-state index >= 15 is 0 Å². The third kappa shape index (κ3) is 5.59. The lowest BCUT2D eigenvalue weighted by Crippen LogP contribution is -2.44. The number of rotatable bonds is 8. The predicted octanol–water partition coefficient (Wildman–Crippen LogP) is 3.34. The second-order valence-electron chi connectivity index (χ2n) is 8.94. The number of hydrogen-bond acceptors (Lipinski definition) is 7. The maximum absolute atomic E-state index is 12.7. The molecule has 0 aliphatic carbocycles. The lowest BCUT2D eigenvalue weighted by atomic mass is 9.97. The molecule has 0 spiro atoms. The Morgan fingerprint density at radius 1 is 1.19 bits per heavy atom. The van der Waals surface area contributed by atoms with Crippen LogP contribution < -0.4 is 15.0 Å². The van der Waals surface area contributed by atoms with Crippen molar-refractivity contribution in [2.75, 3.05) is 44.7 Å². The minimum absolute atomic E-state index is 0.0472. The number of nitrogens with one attached hydrogen (secondary N) is 1. The van der Waals surface area contributed by atoms with E-state index in [-0.39, 0.29) is 11.8 Å². The summed E-state index contributed by atoms with van der Waals surface area (Å²) in [4.78, 5) is 21.9. The summed E-state index contributed by atoms with van der Waals surface area (Å²) in [6.45, 7) is 6.73. The van der Waals surface area contributed by atoms with Gasteiger partial charge in [-0.05, 0) is 69.8 Å². The Morgan fingerprint density at radius 2 is 2.03 bits per heavy atom. The number of likely N-dealkylation sites (tertiary alicyclic amines) is 1. The van der Waals surface area contributed by atoms with Gasteiger partial charge >= 0.3 is 6.01 Å². The molecule has 2 aliphatic rings. The predicted molar refractivity (Wildman–Crippen MR) is 124 cm³/mol. The molecular formula is C24H35N5O3. The van der Waals surface area contributed by atoms with Crippen LogP contribution in [0, 0.1) is 5.92 Å². The van der Waals surface area contributed by atoms with E-state index in [4.69, 9.17) is 9.26 Å². The molecule has 1 aromatic heterocycles. The largest absolute Gasteiger partial charge is 0.497 e. The molecule has 32 heavy (non-hydrogen) atoms. The SMILES string of the molecule is COc1ccc(-c2noc(N3CCCC(C(=O)NCCCN4CCCCC4C)C3)n2)cc1. The van der Waals surface area contributed by atoms with Crippen LogP contribution in [-0.2, 0) is 4.79 Å². The number of amides is 1. The molecule has 3 heterocycles. The Bertz CT molecular complexity index is 869. The van der Waals surface area contributed by atoms with Gasteiger partial charge in [0.2, 0.25) is 11.7 Å². The zero-order valence-corrected chi connectivity index (χ0v) is 19.3. The van der Waals surface area contributed by atoms with Crippen LogP contribution in [-0.4, -0.2) is 66.8 Å². The smallest absolute Gasteiger partial charge is 0.324 e. The van der Waals surface area contributed by atoms with Crippen LogP contribution in [0.1, 0.15) is 45.4 Å².